The predicted molar refractivity (Wildman–Crippen MR) is 102 cm³/mol. The molecule has 0 aliphatic heterocycles. The Morgan fingerprint density at radius 2 is 1.32 bits per heavy atom. The molecule has 0 saturated heterocycles. The molecule has 0 amide bonds. The van der Waals surface area contributed by atoms with E-state index in [2.05, 4.69) is 66.3 Å². The van der Waals surface area contributed by atoms with Crippen LogP contribution in [0, 0.1) is 5.41 Å². The van der Waals surface area contributed by atoms with Crippen LogP contribution in [0.25, 0.3) is 0 Å². The Morgan fingerprint density at radius 3 is 1.59 bits per heavy atom. The van der Waals surface area contributed by atoms with Crippen molar-refractivity contribution in [1.29, 1.82) is 0 Å². The fourth-order valence-corrected chi connectivity index (χ4v) is 3.46. The summed E-state index contributed by atoms with van der Waals surface area (Å²) in [6, 6.07) is 0. The van der Waals surface area contributed by atoms with Crippen molar-refractivity contribution >= 4 is 19.3 Å². The highest BCUT2D eigenvalue weighted by Gasteiger charge is 2.44. The lowest BCUT2D eigenvalue weighted by molar-refractivity contribution is 0.102. The van der Waals surface area contributed by atoms with E-state index in [4.69, 9.17) is 4.43 Å². The second kappa shape index (κ2) is 6.65. The molecular weight excluding hydrogens is 310 g/mol. The first-order chi connectivity index (χ1) is 9.33. The Morgan fingerprint density at radius 1 is 0.909 bits per heavy atom. The van der Waals surface area contributed by atoms with E-state index in [0.717, 1.165) is 0 Å². The average Bonchev–Trinajstić information content (AvgIpc) is 2.22. The molecule has 0 aromatic rings. The molecule has 2 atom stereocenters. The summed E-state index contributed by atoms with van der Waals surface area (Å²) in [6.45, 7) is 26.5. The molecule has 0 unspecified atom stereocenters. The van der Waals surface area contributed by atoms with Crippen LogP contribution in [-0.2, 0) is 15.4 Å². The zero-order valence-electron chi connectivity index (χ0n) is 16.9. The van der Waals surface area contributed by atoms with Crippen LogP contribution in [0.2, 0.25) is 18.1 Å². The van der Waals surface area contributed by atoms with Crippen LogP contribution in [-0.4, -0.2) is 29.4 Å². The van der Waals surface area contributed by atoms with Crippen LogP contribution in [0.1, 0.15) is 69.2 Å². The molecule has 0 aromatic carbocycles. The second-order valence-corrected chi connectivity index (χ2v) is 16.9. The fourth-order valence-electron chi connectivity index (χ4n) is 1.30. The van der Waals surface area contributed by atoms with Crippen molar-refractivity contribution in [3.8, 4) is 0 Å². The molecule has 134 valence electrons. The van der Waals surface area contributed by atoms with Gasteiger partial charge in [0.2, 0.25) is 0 Å². The van der Waals surface area contributed by atoms with E-state index in [1.54, 1.807) is 0 Å². The lowest BCUT2D eigenvalue weighted by Crippen LogP contribution is -2.60. The van der Waals surface area contributed by atoms with Gasteiger partial charge in [0.05, 0.1) is 27.9 Å². The maximum Gasteiger partial charge on any atom is 0.192 e. The molecule has 1 N–H and O–H groups in total. The first-order valence-electron chi connectivity index (χ1n) is 8.17. The van der Waals surface area contributed by atoms with Crippen molar-refractivity contribution in [3.05, 3.63) is 0 Å². The van der Waals surface area contributed by atoms with Crippen molar-refractivity contribution < 1.29 is 8.63 Å². The van der Waals surface area contributed by atoms with Gasteiger partial charge in [-0.05, 0) is 51.2 Å². The SMILES string of the molecule is CC(C)(C)[S@@](=O)N[C@](C)(CO[Si](C)(C)C(C)(C)C)C(C)(C)C. The molecule has 0 spiro atoms. The highest BCUT2D eigenvalue weighted by atomic mass is 32.2. The maximum absolute atomic E-state index is 12.6. The third-order valence-electron chi connectivity index (χ3n) is 5.06. The van der Waals surface area contributed by atoms with Crippen LogP contribution >= 0.6 is 0 Å². The minimum atomic E-state index is -1.83. The minimum absolute atomic E-state index is 0.0593. The van der Waals surface area contributed by atoms with E-state index < -0.39 is 19.3 Å². The Balaban J connectivity index is 5.30. The van der Waals surface area contributed by atoms with Gasteiger partial charge in [-0.25, -0.2) is 8.93 Å². The number of hydrogen-bond acceptors (Lipinski definition) is 2. The molecule has 5 heteroatoms. The van der Waals surface area contributed by atoms with Crippen molar-refractivity contribution in [3.63, 3.8) is 0 Å². The number of hydrogen-bond donors (Lipinski definition) is 1. The quantitative estimate of drug-likeness (QED) is 0.719. The van der Waals surface area contributed by atoms with Gasteiger partial charge < -0.3 is 4.43 Å². The summed E-state index contributed by atoms with van der Waals surface area (Å²) in [6.07, 6.45) is 0. The second-order valence-electron chi connectivity index (χ2n) is 10.1. The Hall–Kier alpha value is 0.287. The van der Waals surface area contributed by atoms with Crippen molar-refractivity contribution in [2.45, 2.75) is 97.7 Å². The smallest absolute Gasteiger partial charge is 0.192 e. The van der Waals surface area contributed by atoms with Gasteiger partial charge in [0.25, 0.3) is 0 Å². The number of rotatable bonds is 5. The molecule has 0 aromatic heterocycles. The van der Waals surface area contributed by atoms with Crippen molar-refractivity contribution in [1.82, 2.24) is 4.72 Å². The summed E-state index contributed by atoms with van der Waals surface area (Å²) in [5, 5.41) is 0.176. The molecule has 3 nitrogen and oxygen atoms in total. The molecule has 0 fully saturated rings. The maximum atomic E-state index is 12.6. The van der Waals surface area contributed by atoms with E-state index >= 15 is 0 Å². The standard InChI is InChI=1S/C17H39NO2SSi/c1-14(2,3)17(10,18-21(19)15(4,5)6)13-20-22(11,12)16(7,8)9/h18H,13H2,1-12H3/t17-,21-/m1/s1. The topological polar surface area (TPSA) is 38.3 Å². The summed E-state index contributed by atoms with van der Waals surface area (Å²) < 4.78 is 22.1. The Kier molecular flexibility index (Phi) is 6.74. The molecular formula is C17H39NO2SSi. The monoisotopic (exact) mass is 349 g/mol. The van der Waals surface area contributed by atoms with Gasteiger partial charge in [-0.15, -0.1) is 0 Å². The van der Waals surface area contributed by atoms with Crippen molar-refractivity contribution in [2.24, 2.45) is 5.41 Å². The lowest BCUT2D eigenvalue weighted by Gasteiger charge is -2.46. The molecule has 0 bridgehead atoms. The zero-order valence-corrected chi connectivity index (χ0v) is 18.7. The van der Waals surface area contributed by atoms with Gasteiger partial charge in [-0.3, -0.25) is 0 Å². The summed E-state index contributed by atoms with van der Waals surface area (Å²) in [5.74, 6) is 0. The van der Waals surface area contributed by atoms with Crippen LogP contribution in [0.5, 0.6) is 0 Å². The molecule has 0 aliphatic carbocycles. The minimum Gasteiger partial charge on any atom is -0.415 e. The molecule has 22 heavy (non-hydrogen) atoms. The van der Waals surface area contributed by atoms with Crippen LogP contribution in [0.3, 0.4) is 0 Å². The molecule has 0 aliphatic rings. The predicted octanol–water partition coefficient (Wildman–Crippen LogP) is 4.86. The highest BCUT2D eigenvalue weighted by Crippen LogP contribution is 2.39. The average molecular weight is 350 g/mol. The van der Waals surface area contributed by atoms with E-state index in [1.165, 1.54) is 0 Å². The molecule has 0 radical (unpaired) electrons. The molecule has 0 heterocycles. The van der Waals surface area contributed by atoms with Gasteiger partial charge >= 0.3 is 0 Å². The number of nitrogens with one attached hydrogen (secondary N) is 1. The third kappa shape index (κ3) is 5.73. The normalized spacial score (nSPS) is 18.9. The van der Waals surface area contributed by atoms with E-state index in [-0.39, 0.29) is 20.7 Å². The Labute approximate surface area is 142 Å². The van der Waals surface area contributed by atoms with Gasteiger partial charge in [-0.2, -0.15) is 0 Å². The summed E-state index contributed by atoms with van der Waals surface area (Å²) in [7, 11) is -2.95. The zero-order chi connectivity index (χ0) is 18.2. The van der Waals surface area contributed by atoms with Crippen LogP contribution < -0.4 is 4.72 Å². The summed E-state index contributed by atoms with van der Waals surface area (Å²) in [4.78, 5) is 0. The summed E-state index contributed by atoms with van der Waals surface area (Å²) >= 11 is 0. The first kappa shape index (κ1) is 22.3. The van der Waals surface area contributed by atoms with E-state index in [1.807, 2.05) is 20.8 Å². The van der Waals surface area contributed by atoms with Gasteiger partial charge in [0.15, 0.2) is 8.32 Å². The molecule has 0 saturated carbocycles. The highest BCUT2D eigenvalue weighted by molar-refractivity contribution is 7.84. The Bertz CT molecular complexity index is 402. The first-order valence-corrected chi connectivity index (χ1v) is 12.2. The lowest BCUT2D eigenvalue weighted by atomic mass is 9.76. The van der Waals surface area contributed by atoms with Gasteiger partial charge in [-0.1, -0.05) is 41.5 Å². The molecule has 0 rings (SSSR count). The summed E-state index contributed by atoms with van der Waals surface area (Å²) in [5.41, 5.74) is -0.406. The van der Waals surface area contributed by atoms with E-state index in [9.17, 15) is 4.21 Å². The largest absolute Gasteiger partial charge is 0.415 e. The fraction of sp³-hybridized carbons (Fsp3) is 1.00. The van der Waals surface area contributed by atoms with Gasteiger partial charge in [0.1, 0.15) is 0 Å². The van der Waals surface area contributed by atoms with Crippen LogP contribution in [0.15, 0.2) is 0 Å². The van der Waals surface area contributed by atoms with E-state index in [0.29, 0.717) is 6.61 Å². The van der Waals surface area contributed by atoms with Gasteiger partial charge in [0, 0.05) is 0 Å². The van der Waals surface area contributed by atoms with Crippen molar-refractivity contribution in [2.75, 3.05) is 6.61 Å². The van der Waals surface area contributed by atoms with Crippen LogP contribution in [0.4, 0.5) is 0 Å². The third-order valence-corrected chi connectivity index (χ3v) is 11.3.